The van der Waals surface area contributed by atoms with Gasteiger partial charge < -0.3 is 4.74 Å². The van der Waals surface area contributed by atoms with Crippen LogP contribution < -0.4 is 4.74 Å². The molecule has 0 aromatic heterocycles. The summed E-state index contributed by atoms with van der Waals surface area (Å²) in [7, 11) is 0. The minimum Gasteiger partial charge on any atom is -0.423 e. The van der Waals surface area contributed by atoms with Crippen LogP contribution in [0.1, 0.15) is 64.4 Å². The number of hydrogen-bond acceptors (Lipinski definition) is 5. The van der Waals surface area contributed by atoms with Crippen molar-refractivity contribution >= 4 is 40.5 Å². The maximum atomic E-state index is 13.7. The van der Waals surface area contributed by atoms with Crippen LogP contribution in [0, 0.1) is 11.3 Å². The number of nitrogens with zero attached hydrogens (tertiary/aromatic N) is 1. The first kappa shape index (κ1) is 23.6. The lowest BCUT2D eigenvalue weighted by molar-refractivity contribution is -0.124. The Balaban J connectivity index is 1.43. The third kappa shape index (κ3) is 4.04. The SMILES string of the molecule is CC1(C)CC(=O)C2C(=NC3=C(C(=O)c4ccccc43)[C@H]2c2cccc(OC(=O)c3ccc(Cl)cc3)c2)C1. The summed E-state index contributed by atoms with van der Waals surface area (Å²) >= 11 is 5.94. The Labute approximate surface area is 219 Å². The van der Waals surface area contributed by atoms with Gasteiger partial charge >= 0.3 is 5.97 Å². The van der Waals surface area contributed by atoms with Gasteiger partial charge in [-0.2, -0.15) is 0 Å². The molecule has 1 aliphatic heterocycles. The summed E-state index contributed by atoms with van der Waals surface area (Å²) in [6.45, 7) is 4.15. The van der Waals surface area contributed by atoms with Crippen LogP contribution in [0.2, 0.25) is 5.02 Å². The van der Waals surface area contributed by atoms with Crippen LogP contribution in [0.15, 0.2) is 83.4 Å². The predicted molar refractivity (Wildman–Crippen MR) is 142 cm³/mol. The molecule has 6 rings (SSSR count). The Morgan fingerprint density at radius 1 is 0.919 bits per heavy atom. The molecule has 1 unspecified atom stereocenters. The first-order valence-corrected chi connectivity index (χ1v) is 12.7. The highest BCUT2D eigenvalue weighted by Gasteiger charge is 2.50. The van der Waals surface area contributed by atoms with Crippen molar-refractivity contribution in [2.45, 2.75) is 32.6 Å². The third-order valence-electron chi connectivity index (χ3n) is 7.35. The van der Waals surface area contributed by atoms with Gasteiger partial charge in [0.05, 0.1) is 17.2 Å². The Bertz CT molecular complexity index is 1550. The average molecular weight is 510 g/mol. The second kappa shape index (κ2) is 8.63. The van der Waals surface area contributed by atoms with Gasteiger partial charge in [0, 0.05) is 39.8 Å². The van der Waals surface area contributed by atoms with E-state index in [0.29, 0.717) is 46.0 Å². The van der Waals surface area contributed by atoms with Gasteiger partial charge in [-0.05, 0) is 53.8 Å². The number of esters is 1. The second-order valence-electron chi connectivity index (χ2n) is 10.6. The number of aliphatic imine (C=N–C) groups is 1. The molecule has 2 aliphatic carbocycles. The average Bonchev–Trinajstić information content (AvgIpc) is 3.14. The topological polar surface area (TPSA) is 72.8 Å². The molecule has 1 heterocycles. The number of carbonyl (C=O) groups excluding carboxylic acids is 3. The minimum absolute atomic E-state index is 0.0823. The number of allylic oxidation sites excluding steroid dienone is 1. The van der Waals surface area contributed by atoms with Crippen LogP contribution in [0.25, 0.3) is 5.70 Å². The van der Waals surface area contributed by atoms with Crippen molar-refractivity contribution < 1.29 is 19.1 Å². The summed E-state index contributed by atoms with van der Waals surface area (Å²) in [4.78, 5) is 44.9. The van der Waals surface area contributed by atoms with E-state index in [4.69, 9.17) is 21.3 Å². The molecular weight excluding hydrogens is 486 g/mol. The normalized spacial score (nSPS) is 21.6. The Kier molecular flexibility index (Phi) is 5.50. The summed E-state index contributed by atoms with van der Waals surface area (Å²) in [6.07, 6.45) is 1.10. The zero-order chi connectivity index (χ0) is 25.9. The fourth-order valence-electron chi connectivity index (χ4n) is 5.80. The van der Waals surface area contributed by atoms with E-state index in [1.807, 2.05) is 30.3 Å². The highest BCUT2D eigenvalue weighted by atomic mass is 35.5. The molecule has 0 amide bonds. The summed E-state index contributed by atoms with van der Waals surface area (Å²) in [5.74, 6) is -1.21. The molecule has 0 radical (unpaired) electrons. The third-order valence-corrected chi connectivity index (χ3v) is 7.60. The lowest BCUT2D eigenvalue weighted by Crippen LogP contribution is -2.43. The van der Waals surface area contributed by atoms with Crippen molar-refractivity contribution in [2.75, 3.05) is 0 Å². The van der Waals surface area contributed by atoms with E-state index in [2.05, 4.69) is 13.8 Å². The lowest BCUT2D eigenvalue weighted by Gasteiger charge is -2.40. The Morgan fingerprint density at radius 3 is 2.41 bits per heavy atom. The van der Waals surface area contributed by atoms with Gasteiger partial charge in [0.25, 0.3) is 0 Å². The van der Waals surface area contributed by atoms with Gasteiger partial charge in [0.1, 0.15) is 11.5 Å². The molecule has 3 aromatic carbocycles. The van der Waals surface area contributed by atoms with Crippen molar-refractivity contribution in [3.63, 3.8) is 0 Å². The van der Waals surface area contributed by atoms with E-state index >= 15 is 0 Å². The van der Waals surface area contributed by atoms with Crippen LogP contribution >= 0.6 is 11.6 Å². The van der Waals surface area contributed by atoms with Crippen molar-refractivity contribution in [1.29, 1.82) is 0 Å². The first-order valence-electron chi connectivity index (χ1n) is 12.3. The highest BCUT2D eigenvalue weighted by Crippen LogP contribution is 2.52. The van der Waals surface area contributed by atoms with Gasteiger partial charge in [-0.1, -0.05) is 61.8 Å². The smallest absolute Gasteiger partial charge is 0.343 e. The largest absolute Gasteiger partial charge is 0.423 e. The van der Waals surface area contributed by atoms with Crippen molar-refractivity contribution in [3.05, 3.63) is 106 Å². The van der Waals surface area contributed by atoms with Crippen molar-refractivity contribution in [2.24, 2.45) is 16.3 Å². The van der Waals surface area contributed by atoms with Crippen LogP contribution in [0.4, 0.5) is 0 Å². The van der Waals surface area contributed by atoms with Crippen LogP contribution in [0.3, 0.4) is 0 Å². The monoisotopic (exact) mass is 509 g/mol. The van der Waals surface area contributed by atoms with E-state index in [1.54, 1.807) is 42.5 Å². The van der Waals surface area contributed by atoms with E-state index < -0.39 is 17.8 Å². The standard InChI is InChI=1S/C31H24ClNO4/c1-31(2)15-23-26(24(34)16-31)25(27-28(33-23)21-8-3-4-9-22(21)29(27)35)18-6-5-7-20(14-18)37-30(36)17-10-12-19(32)13-11-17/h3-14,25-26H,15-16H2,1-2H3/t25-,26?/m0/s1. The summed E-state index contributed by atoms with van der Waals surface area (Å²) in [6, 6.07) is 21.1. The number of hydrogen-bond donors (Lipinski definition) is 0. The van der Waals surface area contributed by atoms with Crippen LogP contribution in [-0.4, -0.2) is 23.2 Å². The summed E-state index contributed by atoms with van der Waals surface area (Å²) in [5, 5.41) is 0.528. The van der Waals surface area contributed by atoms with Crippen LogP contribution in [0.5, 0.6) is 5.75 Å². The fraction of sp³-hybridized carbons (Fsp3) is 0.226. The first-order chi connectivity index (χ1) is 17.7. The fourth-order valence-corrected chi connectivity index (χ4v) is 5.93. The molecule has 1 saturated carbocycles. The zero-order valence-corrected chi connectivity index (χ0v) is 21.2. The van der Waals surface area contributed by atoms with Gasteiger partial charge in [-0.15, -0.1) is 0 Å². The Morgan fingerprint density at radius 2 is 1.65 bits per heavy atom. The molecule has 3 aromatic rings. The van der Waals surface area contributed by atoms with E-state index in [0.717, 1.165) is 16.8 Å². The number of benzene rings is 3. The molecule has 37 heavy (non-hydrogen) atoms. The molecule has 0 bridgehead atoms. The molecule has 184 valence electrons. The van der Waals surface area contributed by atoms with Gasteiger partial charge in [-0.25, -0.2) is 4.79 Å². The molecular formula is C31H24ClNO4. The molecule has 5 nitrogen and oxygen atoms in total. The molecule has 0 spiro atoms. The number of ketones is 2. The number of Topliss-reactive ketones (excluding diaryl/α,β-unsaturated/α-hetero) is 2. The number of halogens is 1. The van der Waals surface area contributed by atoms with Crippen molar-refractivity contribution in [1.82, 2.24) is 0 Å². The quantitative estimate of drug-likeness (QED) is 0.290. The van der Waals surface area contributed by atoms with Crippen molar-refractivity contribution in [3.8, 4) is 5.75 Å². The minimum atomic E-state index is -0.521. The maximum Gasteiger partial charge on any atom is 0.343 e. The van der Waals surface area contributed by atoms with E-state index in [9.17, 15) is 14.4 Å². The molecule has 0 saturated heterocycles. The molecule has 0 N–H and O–H groups in total. The van der Waals surface area contributed by atoms with Gasteiger partial charge in [0.2, 0.25) is 0 Å². The summed E-state index contributed by atoms with van der Waals surface area (Å²) < 4.78 is 5.67. The van der Waals surface area contributed by atoms with E-state index in [-0.39, 0.29) is 17.0 Å². The Hall–Kier alpha value is -3.83. The maximum absolute atomic E-state index is 13.7. The number of rotatable bonds is 3. The number of fused-ring (bicyclic) bond motifs is 3. The molecule has 3 aliphatic rings. The predicted octanol–water partition coefficient (Wildman–Crippen LogP) is 6.71. The zero-order valence-electron chi connectivity index (χ0n) is 20.5. The van der Waals surface area contributed by atoms with Crippen LogP contribution in [-0.2, 0) is 4.79 Å². The molecule has 6 heteroatoms. The summed E-state index contributed by atoms with van der Waals surface area (Å²) in [5.41, 5.74) is 4.36. The number of carbonyl (C=O) groups is 3. The second-order valence-corrected chi connectivity index (χ2v) is 11.1. The molecule has 1 fully saturated rings. The van der Waals surface area contributed by atoms with Gasteiger partial charge in [0.15, 0.2) is 5.78 Å². The highest BCUT2D eigenvalue weighted by molar-refractivity contribution is 6.30. The van der Waals surface area contributed by atoms with E-state index in [1.165, 1.54) is 0 Å². The molecule has 2 atom stereocenters. The lowest BCUT2D eigenvalue weighted by atomic mass is 9.63. The van der Waals surface area contributed by atoms with Gasteiger partial charge in [-0.3, -0.25) is 14.6 Å². The number of ether oxygens (including phenoxy) is 1.